The van der Waals surface area contributed by atoms with E-state index in [0.29, 0.717) is 17.2 Å². The summed E-state index contributed by atoms with van der Waals surface area (Å²) in [7, 11) is 1.91. The summed E-state index contributed by atoms with van der Waals surface area (Å²) in [5, 5.41) is 3.05. The van der Waals surface area contributed by atoms with Crippen LogP contribution in [0.1, 0.15) is 12.5 Å². The van der Waals surface area contributed by atoms with Gasteiger partial charge in [0, 0.05) is 31.7 Å². The van der Waals surface area contributed by atoms with Gasteiger partial charge in [-0.2, -0.15) is 0 Å². The molecule has 1 N–H and O–H groups in total. The summed E-state index contributed by atoms with van der Waals surface area (Å²) in [6.45, 7) is 4.74. The highest BCUT2D eigenvalue weighted by atomic mass is 19.1. The zero-order chi connectivity index (χ0) is 15.2. The van der Waals surface area contributed by atoms with Gasteiger partial charge >= 0.3 is 0 Å². The molecule has 0 unspecified atom stereocenters. The Kier molecular flexibility index (Phi) is 4.81. The molecule has 0 fully saturated rings. The summed E-state index contributed by atoms with van der Waals surface area (Å²) in [5.74, 6) is 0.213. The molecule has 5 nitrogen and oxygen atoms in total. The minimum Gasteiger partial charge on any atom is -0.366 e. The third kappa shape index (κ3) is 3.98. The van der Waals surface area contributed by atoms with Gasteiger partial charge in [-0.05, 0) is 31.5 Å². The molecule has 21 heavy (non-hydrogen) atoms. The van der Waals surface area contributed by atoms with Gasteiger partial charge in [-0.15, -0.1) is 0 Å². The van der Waals surface area contributed by atoms with Crippen LogP contribution in [0.4, 0.5) is 21.6 Å². The normalized spacial score (nSPS) is 10.9. The van der Waals surface area contributed by atoms with Crippen LogP contribution in [0.2, 0.25) is 0 Å². The fraction of sp³-hybridized carbons (Fsp3) is 0.267. The second kappa shape index (κ2) is 6.78. The van der Waals surface area contributed by atoms with Crippen molar-refractivity contribution < 1.29 is 4.39 Å². The average Bonchev–Trinajstić information content (AvgIpc) is 2.49. The number of hydrogen-bond donors (Lipinski definition) is 1. The molecule has 1 aromatic carbocycles. The van der Waals surface area contributed by atoms with Crippen LogP contribution in [0.3, 0.4) is 0 Å². The second-order valence-electron chi connectivity index (χ2n) is 4.63. The Bertz CT molecular complexity index is 627. The molecular formula is C15H18FN5. The third-order valence-electron chi connectivity index (χ3n) is 3.06. The Balaban J connectivity index is 2.30. The van der Waals surface area contributed by atoms with Crippen LogP contribution in [0.25, 0.3) is 0 Å². The predicted octanol–water partition coefficient (Wildman–Crippen LogP) is 3.28. The predicted molar refractivity (Wildman–Crippen MR) is 82.9 cm³/mol. The number of nitrogens with one attached hydrogen (secondary N) is 1. The number of hydrogen-bond acceptors (Lipinski definition) is 4. The lowest BCUT2D eigenvalue weighted by atomic mass is 10.1. The zero-order valence-electron chi connectivity index (χ0n) is 12.3. The number of rotatable bonds is 5. The number of benzene rings is 1. The van der Waals surface area contributed by atoms with Gasteiger partial charge in [0.25, 0.3) is 0 Å². The molecule has 0 atom stereocenters. The van der Waals surface area contributed by atoms with Crippen molar-refractivity contribution >= 4 is 23.5 Å². The summed E-state index contributed by atoms with van der Waals surface area (Å²) in [4.78, 5) is 14.3. The summed E-state index contributed by atoms with van der Waals surface area (Å²) in [5.41, 5.74) is 2.06. The Morgan fingerprint density at radius 3 is 2.86 bits per heavy atom. The highest BCUT2D eigenvalue weighted by Gasteiger charge is 2.08. The number of aromatic nitrogens is 2. The van der Waals surface area contributed by atoms with E-state index in [0.717, 1.165) is 12.1 Å². The molecule has 6 heteroatoms. The monoisotopic (exact) mass is 287 g/mol. The van der Waals surface area contributed by atoms with Gasteiger partial charge in [-0.1, -0.05) is 0 Å². The van der Waals surface area contributed by atoms with Crippen LogP contribution in [0, 0.1) is 12.7 Å². The molecule has 2 rings (SSSR count). The highest BCUT2D eigenvalue weighted by Crippen LogP contribution is 2.29. The summed E-state index contributed by atoms with van der Waals surface area (Å²) >= 11 is 0. The molecule has 0 aliphatic heterocycles. The van der Waals surface area contributed by atoms with Crippen molar-refractivity contribution in [1.82, 2.24) is 14.9 Å². The fourth-order valence-electron chi connectivity index (χ4n) is 1.67. The molecule has 0 aliphatic rings. The van der Waals surface area contributed by atoms with E-state index in [9.17, 15) is 4.39 Å². The Morgan fingerprint density at radius 1 is 1.38 bits per heavy atom. The van der Waals surface area contributed by atoms with Crippen molar-refractivity contribution in [1.29, 1.82) is 0 Å². The number of nitrogens with zero attached hydrogens (tertiary/aromatic N) is 4. The first-order valence-electron chi connectivity index (χ1n) is 6.67. The first-order chi connectivity index (χ1) is 10.1. The zero-order valence-corrected chi connectivity index (χ0v) is 12.3. The molecule has 1 heterocycles. The SMILES string of the molecule is CCN(C)/C=N/c1cc(F)cc(Nc2cnccn2)c1C. The number of anilines is 2. The molecule has 110 valence electrons. The molecule has 0 spiro atoms. The van der Waals surface area contributed by atoms with Crippen LogP contribution in [-0.2, 0) is 0 Å². The summed E-state index contributed by atoms with van der Waals surface area (Å²) in [6.07, 6.45) is 6.43. The van der Waals surface area contributed by atoms with Gasteiger partial charge in [0.2, 0.25) is 0 Å². The standard InChI is InChI=1S/C15H18FN5/c1-4-21(3)10-19-13-7-12(16)8-14(11(13)2)20-15-9-17-5-6-18-15/h5-10H,4H2,1-3H3,(H,18,20)/b19-10+. The van der Waals surface area contributed by atoms with E-state index in [2.05, 4.69) is 20.3 Å². The summed E-state index contributed by atoms with van der Waals surface area (Å²) in [6, 6.07) is 2.84. The Morgan fingerprint density at radius 2 is 2.19 bits per heavy atom. The van der Waals surface area contributed by atoms with E-state index in [1.807, 2.05) is 25.8 Å². The Hall–Kier alpha value is -2.50. The fourth-order valence-corrected chi connectivity index (χ4v) is 1.67. The summed E-state index contributed by atoms with van der Waals surface area (Å²) < 4.78 is 13.8. The van der Waals surface area contributed by atoms with E-state index < -0.39 is 0 Å². The first-order valence-corrected chi connectivity index (χ1v) is 6.67. The largest absolute Gasteiger partial charge is 0.366 e. The van der Waals surface area contributed by atoms with Gasteiger partial charge in [-0.25, -0.2) is 14.4 Å². The van der Waals surface area contributed by atoms with Crippen molar-refractivity contribution in [2.45, 2.75) is 13.8 Å². The quantitative estimate of drug-likeness (QED) is 0.677. The first kappa shape index (κ1) is 14.9. The lowest BCUT2D eigenvalue weighted by molar-refractivity contribution is 0.552. The lowest BCUT2D eigenvalue weighted by Gasteiger charge is -2.12. The van der Waals surface area contributed by atoms with E-state index in [4.69, 9.17) is 0 Å². The van der Waals surface area contributed by atoms with Crippen molar-refractivity contribution in [3.05, 3.63) is 42.1 Å². The van der Waals surface area contributed by atoms with Crippen molar-refractivity contribution in [2.75, 3.05) is 18.9 Å². The van der Waals surface area contributed by atoms with Gasteiger partial charge < -0.3 is 10.2 Å². The molecule has 0 aliphatic carbocycles. The third-order valence-corrected chi connectivity index (χ3v) is 3.06. The topological polar surface area (TPSA) is 53.4 Å². The van der Waals surface area contributed by atoms with E-state index in [1.54, 1.807) is 24.9 Å². The highest BCUT2D eigenvalue weighted by molar-refractivity contribution is 5.71. The minimum absolute atomic E-state index is 0.349. The maximum absolute atomic E-state index is 13.8. The molecule has 0 amide bonds. The average molecular weight is 287 g/mol. The van der Waals surface area contributed by atoms with Crippen LogP contribution < -0.4 is 5.32 Å². The molecular weight excluding hydrogens is 269 g/mol. The molecule has 2 aromatic rings. The van der Waals surface area contributed by atoms with Gasteiger partial charge in [0.05, 0.1) is 18.2 Å². The Labute approximate surface area is 123 Å². The van der Waals surface area contributed by atoms with Crippen LogP contribution in [0.5, 0.6) is 0 Å². The van der Waals surface area contributed by atoms with Gasteiger partial charge in [0.1, 0.15) is 11.6 Å². The van der Waals surface area contributed by atoms with Gasteiger partial charge in [0.15, 0.2) is 0 Å². The van der Waals surface area contributed by atoms with Crippen LogP contribution >= 0.6 is 0 Å². The number of halogens is 1. The maximum Gasteiger partial charge on any atom is 0.148 e. The van der Waals surface area contributed by atoms with E-state index in [-0.39, 0.29) is 5.82 Å². The van der Waals surface area contributed by atoms with Gasteiger partial charge in [-0.3, -0.25) is 4.98 Å². The molecule has 0 saturated heterocycles. The molecule has 0 saturated carbocycles. The maximum atomic E-state index is 13.8. The minimum atomic E-state index is -0.349. The molecule has 0 radical (unpaired) electrons. The van der Waals surface area contributed by atoms with Crippen molar-refractivity contribution in [2.24, 2.45) is 4.99 Å². The van der Waals surface area contributed by atoms with Crippen molar-refractivity contribution in [3.63, 3.8) is 0 Å². The molecule has 0 bridgehead atoms. The number of aliphatic imine (C=N–C) groups is 1. The van der Waals surface area contributed by atoms with Crippen molar-refractivity contribution in [3.8, 4) is 0 Å². The van der Waals surface area contributed by atoms with E-state index >= 15 is 0 Å². The molecule has 1 aromatic heterocycles. The second-order valence-corrected chi connectivity index (χ2v) is 4.63. The van der Waals surface area contributed by atoms with Crippen LogP contribution in [-0.4, -0.2) is 34.8 Å². The van der Waals surface area contributed by atoms with Crippen LogP contribution in [0.15, 0.2) is 35.7 Å². The lowest BCUT2D eigenvalue weighted by Crippen LogP contribution is -2.14. The van der Waals surface area contributed by atoms with E-state index in [1.165, 1.54) is 12.1 Å². The smallest absolute Gasteiger partial charge is 0.148 e.